The third-order valence-corrected chi connectivity index (χ3v) is 3.36. The molecule has 0 spiro atoms. The lowest BCUT2D eigenvalue weighted by Crippen LogP contribution is -2.20. The molecule has 0 bridgehead atoms. The Bertz CT molecular complexity index is 496. The maximum atomic E-state index is 11.7. The number of aliphatic hydroxyl groups is 1. The predicted molar refractivity (Wildman–Crippen MR) is 61.0 cm³/mol. The lowest BCUT2D eigenvalue weighted by molar-refractivity contribution is 0.128. The van der Waals surface area contributed by atoms with Gasteiger partial charge in [-0.15, -0.1) is 11.6 Å². The number of halogens is 1. The number of hydrogen-bond donors (Lipinski definition) is 1. The molecule has 0 unspecified atom stereocenters. The minimum Gasteiger partial charge on any atom is -0.389 e. The molecule has 0 amide bonds. The van der Waals surface area contributed by atoms with Crippen LogP contribution in [0.4, 0.5) is 0 Å². The molecule has 6 heteroatoms. The predicted octanol–water partition coefficient (Wildman–Crippen LogP) is 1.30. The number of hydrogen-bond acceptors (Lipinski definition) is 4. The topological polar surface area (TPSA) is 63.6 Å². The van der Waals surface area contributed by atoms with Gasteiger partial charge in [0.1, 0.15) is 0 Å². The normalized spacial score (nSPS) is 16.4. The second-order valence-corrected chi connectivity index (χ2v) is 5.01. The van der Waals surface area contributed by atoms with E-state index in [0.29, 0.717) is 0 Å². The lowest BCUT2D eigenvalue weighted by atomic mass is 10.2. The Morgan fingerprint density at radius 1 is 1.50 bits per heavy atom. The molecule has 1 aromatic rings. The first-order valence-corrected chi connectivity index (χ1v) is 6.24. The fraction of sp³-hybridized carbons (Fsp3) is 0.400. The number of aliphatic hydroxyl groups excluding tert-OH is 1. The van der Waals surface area contributed by atoms with E-state index in [-0.39, 0.29) is 4.90 Å². The van der Waals surface area contributed by atoms with Gasteiger partial charge in [0.05, 0.1) is 23.4 Å². The molecule has 0 radical (unpaired) electrons. The van der Waals surface area contributed by atoms with Crippen LogP contribution in [0.25, 0.3) is 0 Å². The number of benzene rings is 1. The van der Waals surface area contributed by atoms with Crippen LogP contribution in [0.2, 0.25) is 0 Å². The summed E-state index contributed by atoms with van der Waals surface area (Å²) in [6.07, 6.45) is -1.74. The van der Waals surface area contributed by atoms with Crippen LogP contribution in [0.1, 0.15) is 8.30 Å². The summed E-state index contributed by atoms with van der Waals surface area (Å²) in [6.45, 7) is 1.07. The molecule has 0 aliphatic rings. The summed E-state index contributed by atoms with van der Waals surface area (Å²) < 4.78 is 41.9. The highest BCUT2D eigenvalue weighted by Crippen LogP contribution is 2.13. The Balaban J connectivity index is 2.75. The zero-order chi connectivity index (χ0) is 14.0. The van der Waals surface area contributed by atoms with Crippen molar-refractivity contribution >= 4 is 21.7 Å². The van der Waals surface area contributed by atoms with Gasteiger partial charge in [0, 0.05) is 2.74 Å². The van der Waals surface area contributed by atoms with Gasteiger partial charge in [-0.25, -0.2) is 0 Å². The Kier molecular flexibility index (Phi) is 3.71. The lowest BCUT2D eigenvalue weighted by Gasteiger charge is -2.08. The van der Waals surface area contributed by atoms with E-state index in [0.717, 1.165) is 5.56 Å². The number of rotatable bonds is 5. The standard InChI is InChI=1S/C10H13ClO4S/c1-8-2-4-10(5-3-8)16(13,14)15-7-9(12)6-11/h2-5,9,12H,6-7H2,1H3/t9-/m0/s1/i6D2. The van der Waals surface area contributed by atoms with Crippen LogP contribution in [0.5, 0.6) is 0 Å². The number of aryl methyl sites for hydroxylation is 1. The quantitative estimate of drug-likeness (QED) is 0.645. The molecule has 1 atom stereocenters. The van der Waals surface area contributed by atoms with Gasteiger partial charge in [0.15, 0.2) is 0 Å². The Labute approximate surface area is 103 Å². The second kappa shape index (κ2) is 5.63. The smallest absolute Gasteiger partial charge is 0.297 e. The van der Waals surface area contributed by atoms with Crippen LogP contribution >= 0.6 is 11.6 Å². The summed E-state index contributed by atoms with van der Waals surface area (Å²) in [5.74, 6) is -2.44. The average Bonchev–Trinajstić information content (AvgIpc) is 2.25. The molecule has 0 fully saturated rings. The average molecular weight is 267 g/mol. The van der Waals surface area contributed by atoms with Crippen molar-refractivity contribution in [3.8, 4) is 0 Å². The molecule has 90 valence electrons. The van der Waals surface area contributed by atoms with E-state index in [1.54, 1.807) is 12.1 Å². The largest absolute Gasteiger partial charge is 0.389 e. The van der Waals surface area contributed by atoms with Crippen LogP contribution < -0.4 is 0 Å². The van der Waals surface area contributed by atoms with E-state index in [9.17, 15) is 13.5 Å². The minimum absolute atomic E-state index is 0.0598. The maximum Gasteiger partial charge on any atom is 0.297 e. The van der Waals surface area contributed by atoms with E-state index in [2.05, 4.69) is 4.18 Å². The van der Waals surface area contributed by atoms with Crippen molar-refractivity contribution in [3.63, 3.8) is 0 Å². The van der Waals surface area contributed by atoms with Crippen LogP contribution in [-0.4, -0.2) is 32.1 Å². The molecular formula is C10H13ClO4S. The summed E-state index contributed by atoms with van der Waals surface area (Å²) in [6, 6.07) is 5.94. The van der Waals surface area contributed by atoms with E-state index < -0.39 is 28.7 Å². The third kappa shape index (κ3) is 3.75. The molecule has 0 heterocycles. The summed E-state index contributed by atoms with van der Waals surface area (Å²) in [5, 5.41) is 9.24. The van der Waals surface area contributed by atoms with E-state index in [1.165, 1.54) is 12.1 Å². The Hall–Kier alpha value is -0.620. The molecule has 4 nitrogen and oxygen atoms in total. The monoisotopic (exact) mass is 266 g/mol. The van der Waals surface area contributed by atoms with Crippen LogP contribution in [0.3, 0.4) is 0 Å². The summed E-state index contributed by atoms with van der Waals surface area (Å²) in [4.78, 5) is -0.0598. The highest BCUT2D eigenvalue weighted by atomic mass is 35.5. The molecule has 1 N–H and O–H groups in total. The van der Waals surface area contributed by atoms with Gasteiger partial charge >= 0.3 is 0 Å². The van der Waals surface area contributed by atoms with Crippen LogP contribution in [-0.2, 0) is 14.3 Å². The maximum absolute atomic E-state index is 11.7. The highest BCUT2D eigenvalue weighted by Gasteiger charge is 2.16. The Morgan fingerprint density at radius 2 is 2.06 bits per heavy atom. The van der Waals surface area contributed by atoms with Gasteiger partial charge in [-0.05, 0) is 19.1 Å². The third-order valence-electron chi connectivity index (χ3n) is 1.82. The molecule has 1 aromatic carbocycles. The number of alkyl halides is 1. The fourth-order valence-corrected chi connectivity index (χ4v) is 1.94. The summed E-state index contributed by atoms with van der Waals surface area (Å²) >= 11 is 5.19. The summed E-state index contributed by atoms with van der Waals surface area (Å²) in [7, 11) is -4.02. The van der Waals surface area contributed by atoms with Crippen LogP contribution in [0, 0.1) is 6.92 Å². The zero-order valence-electron chi connectivity index (χ0n) is 10.6. The molecule has 0 aromatic heterocycles. The zero-order valence-corrected chi connectivity index (χ0v) is 10.1. The summed E-state index contributed by atoms with van der Waals surface area (Å²) in [5.41, 5.74) is 0.895. The minimum atomic E-state index is -4.02. The SMILES string of the molecule is [2H]C([2H])(Cl)[C@H](O)COS(=O)(=O)c1ccc(C)cc1. The van der Waals surface area contributed by atoms with E-state index in [1.807, 2.05) is 6.92 Å². The molecule has 0 saturated heterocycles. The second-order valence-electron chi connectivity index (χ2n) is 3.18. The van der Waals surface area contributed by atoms with Crippen molar-refractivity contribution in [3.05, 3.63) is 29.8 Å². The van der Waals surface area contributed by atoms with Crippen molar-refractivity contribution in [2.75, 3.05) is 12.4 Å². The van der Waals surface area contributed by atoms with Gasteiger partial charge in [-0.1, -0.05) is 17.7 Å². The first-order valence-electron chi connectivity index (χ1n) is 5.46. The van der Waals surface area contributed by atoms with Gasteiger partial charge < -0.3 is 5.11 Å². The van der Waals surface area contributed by atoms with Crippen LogP contribution in [0.15, 0.2) is 29.2 Å². The molecule has 1 rings (SSSR count). The van der Waals surface area contributed by atoms with Gasteiger partial charge in [0.25, 0.3) is 10.1 Å². The van der Waals surface area contributed by atoms with Crippen molar-refractivity contribution < 1.29 is 20.4 Å². The van der Waals surface area contributed by atoms with Crippen molar-refractivity contribution in [2.45, 2.75) is 17.9 Å². The van der Waals surface area contributed by atoms with Gasteiger partial charge in [-0.2, -0.15) is 8.42 Å². The molecule has 16 heavy (non-hydrogen) atoms. The van der Waals surface area contributed by atoms with Gasteiger partial charge in [-0.3, -0.25) is 4.18 Å². The van der Waals surface area contributed by atoms with E-state index >= 15 is 0 Å². The highest BCUT2D eigenvalue weighted by molar-refractivity contribution is 7.86. The van der Waals surface area contributed by atoms with Crippen molar-refractivity contribution in [1.29, 1.82) is 0 Å². The first-order chi connectivity index (χ1) is 8.13. The van der Waals surface area contributed by atoms with E-state index in [4.69, 9.17) is 14.3 Å². The molecule has 0 aliphatic carbocycles. The Morgan fingerprint density at radius 3 is 2.56 bits per heavy atom. The van der Waals surface area contributed by atoms with Gasteiger partial charge in [0.2, 0.25) is 0 Å². The fourth-order valence-electron chi connectivity index (χ4n) is 0.959. The van der Waals surface area contributed by atoms with Crippen molar-refractivity contribution in [1.82, 2.24) is 0 Å². The first kappa shape index (κ1) is 10.5. The molecule has 0 saturated carbocycles. The van der Waals surface area contributed by atoms with Crippen molar-refractivity contribution in [2.24, 2.45) is 0 Å². The molecule has 0 aliphatic heterocycles. The molecular weight excluding hydrogens is 252 g/mol.